The van der Waals surface area contributed by atoms with E-state index < -0.39 is 0 Å². The van der Waals surface area contributed by atoms with Crippen LogP contribution in [0.15, 0.2) is 60.7 Å². The molecule has 0 aliphatic heterocycles. The zero-order chi connectivity index (χ0) is 20.1. The second kappa shape index (κ2) is 8.43. The maximum atomic E-state index is 12.8. The highest BCUT2D eigenvalue weighted by atomic mass is 16.2. The van der Waals surface area contributed by atoms with Crippen molar-refractivity contribution in [2.45, 2.75) is 20.4 Å². The van der Waals surface area contributed by atoms with Gasteiger partial charge in [0.05, 0.1) is 0 Å². The Labute approximate surface area is 164 Å². The molecule has 0 aliphatic rings. The van der Waals surface area contributed by atoms with Crippen LogP contribution >= 0.6 is 0 Å². The van der Waals surface area contributed by atoms with Crippen LogP contribution in [-0.4, -0.2) is 33.6 Å². The lowest BCUT2D eigenvalue weighted by Gasteiger charge is -2.17. The van der Waals surface area contributed by atoms with E-state index in [0.29, 0.717) is 29.4 Å². The van der Waals surface area contributed by atoms with Gasteiger partial charge < -0.3 is 10.2 Å². The molecule has 0 fully saturated rings. The Kier molecular flexibility index (Phi) is 5.79. The second-order valence-corrected chi connectivity index (χ2v) is 6.59. The number of rotatable bonds is 6. The van der Waals surface area contributed by atoms with Crippen LogP contribution in [0.5, 0.6) is 0 Å². The maximum absolute atomic E-state index is 12.8. The molecule has 3 aromatic rings. The summed E-state index contributed by atoms with van der Waals surface area (Å²) in [5, 5.41) is 3.15. The zero-order valence-electron chi connectivity index (χ0n) is 16.1. The third-order valence-electron chi connectivity index (χ3n) is 4.21. The van der Waals surface area contributed by atoms with Gasteiger partial charge in [-0.25, -0.2) is 9.97 Å². The minimum atomic E-state index is -0.185. The van der Waals surface area contributed by atoms with Gasteiger partial charge in [-0.15, -0.1) is 0 Å². The Morgan fingerprint density at radius 1 is 1.00 bits per heavy atom. The largest absolute Gasteiger partial charge is 0.340 e. The molecule has 6 heteroatoms. The summed E-state index contributed by atoms with van der Waals surface area (Å²) in [5.74, 6) is 0.796. The number of carbonyl (C=O) groups is 2. The van der Waals surface area contributed by atoms with Crippen molar-refractivity contribution in [2.24, 2.45) is 0 Å². The summed E-state index contributed by atoms with van der Waals surface area (Å²) < 4.78 is 0. The lowest BCUT2D eigenvalue weighted by Crippen LogP contribution is -2.27. The molecule has 1 aromatic heterocycles. The number of nitrogens with one attached hydrogen (secondary N) is 1. The molecule has 0 aliphatic carbocycles. The number of aryl methyl sites for hydroxylation is 1. The van der Waals surface area contributed by atoms with Crippen LogP contribution in [0.2, 0.25) is 0 Å². The first kappa shape index (κ1) is 19.2. The third-order valence-corrected chi connectivity index (χ3v) is 4.21. The Morgan fingerprint density at radius 3 is 2.46 bits per heavy atom. The van der Waals surface area contributed by atoms with E-state index in [4.69, 9.17) is 0 Å². The molecule has 142 valence electrons. The molecule has 1 heterocycles. The smallest absolute Gasteiger partial charge is 0.272 e. The fourth-order valence-corrected chi connectivity index (χ4v) is 2.83. The first-order valence-electron chi connectivity index (χ1n) is 8.95. The summed E-state index contributed by atoms with van der Waals surface area (Å²) in [5.41, 5.74) is 2.69. The van der Waals surface area contributed by atoms with Crippen molar-refractivity contribution in [3.8, 4) is 0 Å². The molecule has 0 bridgehead atoms. The van der Waals surface area contributed by atoms with Gasteiger partial charge in [0.25, 0.3) is 5.91 Å². The Bertz CT molecular complexity index is 1000. The molecule has 0 unspecified atom stereocenters. The van der Waals surface area contributed by atoms with Crippen LogP contribution in [0.4, 0.5) is 11.5 Å². The number of hydrogen-bond acceptors (Lipinski definition) is 5. The van der Waals surface area contributed by atoms with Gasteiger partial charge in [0.15, 0.2) is 5.78 Å². The fraction of sp³-hybridized carbons (Fsp3) is 0.182. The molecule has 0 saturated heterocycles. The number of aromatic nitrogens is 2. The van der Waals surface area contributed by atoms with E-state index in [-0.39, 0.29) is 11.7 Å². The van der Waals surface area contributed by atoms with Crippen LogP contribution < -0.4 is 5.32 Å². The highest BCUT2D eigenvalue weighted by Gasteiger charge is 2.16. The maximum Gasteiger partial charge on any atom is 0.272 e. The van der Waals surface area contributed by atoms with Crippen molar-refractivity contribution in [3.05, 3.63) is 83.3 Å². The zero-order valence-corrected chi connectivity index (χ0v) is 16.1. The van der Waals surface area contributed by atoms with Crippen LogP contribution in [0.3, 0.4) is 0 Å². The van der Waals surface area contributed by atoms with Gasteiger partial charge in [0, 0.05) is 30.9 Å². The monoisotopic (exact) mass is 374 g/mol. The molecule has 6 nitrogen and oxygen atoms in total. The molecule has 0 saturated carbocycles. The van der Waals surface area contributed by atoms with Crippen LogP contribution in [0, 0.1) is 6.92 Å². The molecule has 1 N–H and O–H groups in total. The summed E-state index contributed by atoms with van der Waals surface area (Å²) >= 11 is 0. The number of ketones is 1. The molecule has 0 spiro atoms. The van der Waals surface area contributed by atoms with Gasteiger partial charge in [-0.2, -0.15) is 0 Å². The van der Waals surface area contributed by atoms with Gasteiger partial charge in [0.2, 0.25) is 0 Å². The van der Waals surface area contributed by atoms with Crippen LogP contribution in [0.1, 0.15) is 39.2 Å². The third kappa shape index (κ3) is 4.79. The summed E-state index contributed by atoms with van der Waals surface area (Å²) in [7, 11) is 1.75. The van der Waals surface area contributed by atoms with Crippen molar-refractivity contribution in [1.29, 1.82) is 0 Å². The molecule has 28 heavy (non-hydrogen) atoms. The predicted molar refractivity (Wildman–Crippen MR) is 109 cm³/mol. The van der Waals surface area contributed by atoms with Crippen molar-refractivity contribution in [1.82, 2.24) is 14.9 Å². The van der Waals surface area contributed by atoms with Gasteiger partial charge >= 0.3 is 0 Å². The number of carbonyl (C=O) groups excluding carboxylic acids is 2. The molecular formula is C22H22N4O2. The minimum absolute atomic E-state index is 0.0130. The second-order valence-electron chi connectivity index (χ2n) is 6.59. The summed E-state index contributed by atoms with van der Waals surface area (Å²) in [6.45, 7) is 3.75. The molecule has 1 amide bonds. The lowest BCUT2D eigenvalue weighted by molar-refractivity contribution is 0.0778. The minimum Gasteiger partial charge on any atom is -0.340 e. The van der Waals surface area contributed by atoms with Crippen molar-refractivity contribution < 1.29 is 9.59 Å². The van der Waals surface area contributed by atoms with E-state index in [1.165, 1.54) is 6.92 Å². The predicted octanol–water partition coefficient (Wildman–Crippen LogP) is 4.00. The number of Topliss-reactive ketones (excluding diaryl/α,β-unsaturated/α-hetero) is 1. The first-order chi connectivity index (χ1) is 13.4. The quantitative estimate of drug-likeness (QED) is 0.660. The van der Waals surface area contributed by atoms with Crippen LogP contribution in [0.25, 0.3) is 0 Å². The summed E-state index contributed by atoms with van der Waals surface area (Å²) in [6.07, 6.45) is 0. The number of nitrogens with zero attached hydrogens (tertiary/aromatic N) is 3. The van der Waals surface area contributed by atoms with Crippen molar-refractivity contribution in [2.75, 3.05) is 12.4 Å². The van der Waals surface area contributed by atoms with Crippen LogP contribution in [-0.2, 0) is 6.54 Å². The van der Waals surface area contributed by atoms with E-state index in [1.54, 1.807) is 43.1 Å². The average molecular weight is 374 g/mol. The van der Waals surface area contributed by atoms with Crippen molar-refractivity contribution >= 4 is 23.2 Å². The average Bonchev–Trinajstić information content (AvgIpc) is 2.68. The van der Waals surface area contributed by atoms with E-state index in [1.807, 2.05) is 36.4 Å². The standard InChI is InChI=1S/C22H22N4O2/c1-15(27)18-10-7-11-19(12-18)25-21-13-20(23-16(2)24-21)22(28)26(3)14-17-8-5-4-6-9-17/h4-13H,14H2,1-3H3,(H,23,24,25). The molecule has 0 radical (unpaired) electrons. The number of anilines is 2. The van der Waals surface area contributed by atoms with Crippen molar-refractivity contribution in [3.63, 3.8) is 0 Å². The van der Waals surface area contributed by atoms with Gasteiger partial charge in [-0.1, -0.05) is 42.5 Å². The number of benzene rings is 2. The van der Waals surface area contributed by atoms with E-state index in [2.05, 4.69) is 15.3 Å². The first-order valence-corrected chi connectivity index (χ1v) is 8.95. The molecule has 3 rings (SSSR count). The SMILES string of the molecule is CC(=O)c1cccc(Nc2cc(C(=O)N(C)Cc3ccccc3)nc(C)n2)c1. The van der Waals surface area contributed by atoms with E-state index in [0.717, 1.165) is 11.3 Å². The highest BCUT2D eigenvalue weighted by molar-refractivity contribution is 5.95. The number of amides is 1. The summed E-state index contributed by atoms with van der Waals surface area (Å²) in [6, 6.07) is 18.6. The summed E-state index contributed by atoms with van der Waals surface area (Å²) in [4.78, 5) is 34.6. The van der Waals surface area contributed by atoms with E-state index >= 15 is 0 Å². The van der Waals surface area contributed by atoms with E-state index in [9.17, 15) is 9.59 Å². The molecule has 0 atom stereocenters. The van der Waals surface area contributed by atoms with Gasteiger partial charge in [0.1, 0.15) is 17.3 Å². The Hall–Kier alpha value is -3.54. The highest BCUT2D eigenvalue weighted by Crippen LogP contribution is 2.18. The normalized spacial score (nSPS) is 10.4. The van der Waals surface area contributed by atoms with Gasteiger partial charge in [-0.3, -0.25) is 9.59 Å². The fourth-order valence-electron chi connectivity index (χ4n) is 2.83. The Morgan fingerprint density at radius 2 is 1.75 bits per heavy atom. The lowest BCUT2D eigenvalue weighted by atomic mass is 10.1. The van der Waals surface area contributed by atoms with Gasteiger partial charge in [-0.05, 0) is 31.5 Å². The Balaban J connectivity index is 1.80. The number of hydrogen-bond donors (Lipinski definition) is 1. The topological polar surface area (TPSA) is 75.2 Å². The molecular weight excluding hydrogens is 352 g/mol. The molecule has 2 aromatic carbocycles.